The number of pyridine rings is 1. The highest BCUT2D eigenvalue weighted by molar-refractivity contribution is 7.80. The summed E-state index contributed by atoms with van der Waals surface area (Å²) in [6.07, 6.45) is 5.88. The smallest absolute Gasteiger partial charge is 0.128 e. The number of thiocarbonyl (C=S) groups is 1. The van der Waals surface area contributed by atoms with Crippen LogP contribution < -0.4 is 10.6 Å². The zero-order chi connectivity index (χ0) is 12.3. The van der Waals surface area contributed by atoms with Crippen molar-refractivity contribution in [3.05, 3.63) is 23.9 Å². The van der Waals surface area contributed by atoms with Crippen molar-refractivity contribution in [2.75, 3.05) is 18.0 Å². The van der Waals surface area contributed by atoms with Crippen LogP contribution in [0.3, 0.4) is 0 Å². The third-order valence-corrected chi connectivity index (χ3v) is 3.68. The van der Waals surface area contributed by atoms with Crippen LogP contribution >= 0.6 is 12.2 Å². The summed E-state index contributed by atoms with van der Waals surface area (Å²) in [7, 11) is 0. The minimum atomic E-state index is 0.408. The van der Waals surface area contributed by atoms with Gasteiger partial charge in [-0.2, -0.15) is 0 Å². The van der Waals surface area contributed by atoms with E-state index in [0.717, 1.165) is 30.4 Å². The van der Waals surface area contributed by atoms with Crippen molar-refractivity contribution in [2.24, 2.45) is 11.7 Å². The topological polar surface area (TPSA) is 42.1 Å². The second-order valence-electron chi connectivity index (χ2n) is 4.60. The Morgan fingerprint density at radius 2 is 2.29 bits per heavy atom. The number of hydrogen-bond acceptors (Lipinski definition) is 3. The summed E-state index contributed by atoms with van der Waals surface area (Å²) in [6, 6.07) is 3.96. The number of rotatable bonds is 5. The fourth-order valence-electron chi connectivity index (χ4n) is 2.09. The molecule has 1 aromatic rings. The van der Waals surface area contributed by atoms with Gasteiger partial charge in [0.15, 0.2) is 0 Å². The molecule has 2 N–H and O–H groups in total. The first-order chi connectivity index (χ1) is 8.20. The Balaban J connectivity index is 2.04. The summed E-state index contributed by atoms with van der Waals surface area (Å²) in [6.45, 7) is 4.29. The van der Waals surface area contributed by atoms with E-state index in [2.05, 4.69) is 16.8 Å². The van der Waals surface area contributed by atoms with E-state index in [-0.39, 0.29) is 0 Å². The van der Waals surface area contributed by atoms with E-state index in [1.165, 1.54) is 19.3 Å². The molecule has 1 aromatic heterocycles. The van der Waals surface area contributed by atoms with Gasteiger partial charge < -0.3 is 10.6 Å². The lowest BCUT2D eigenvalue weighted by molar-refractivity contribution is 0.318. The Morgan fingerprint density at radius 3 is 2.71 bits per heavy atom. The minimum absolute atomic E-state index is 0.408. The quantitative estimate of drug-likeness (QED) is 0.813. The molecule has 0 amide bonds. The predicted octanol–water partition coefficient (Wildman–Crippen LogP) is 2.34. The summed E-state index contributed by atoms with van der Waals surface area (Å²) in [5, 5.41) is 0. The largest absolute Gasteiger partial charge is 0.389 e. The fraction of sp³-hybridized carbons (Fsp3) is 0.538. The van der Waals surface area contributed by atoms with Gasteiger partial charge in [-0.15, -0.1) is 0 Å². The molecular weight excluding hydrogens is 230 g/mol. The molecular formula is C13H19N3S. The van der Waals surface area contributed by atoms with Crippen LogP contribution in [0.5, 0.6) is 0 Å². The normalized spacial score (nSPS) is 15.4. The molecule has 0 bridgehead atoms. The van der Waals surface area contributed by atoms with E-state index < -0.39 is 0 Å². The van der Waals surface area contributed by atoms with Gasteiger partial charge in [0.1, 0.15) is 10.8 Å². The molecule has 3 nitrogen and oxygen atoms in total. The van der Waals surface area contributed by atoms with Gasteiger partial charge in [0.05, 0.1) is 0 Å². The summed E-state index contributed by atoms with van der Waals surface area (Å²) in [4.78, 5) is 7.18. The maximum absolute atomic E-state index is 5.56. The van der Waals surface area contributed by atoms with E-state index in [4.69, 9.17) is 18.0 Å². The average molecular weight is 249 g/mol. The molecule has 17 heavy (non-hydrogen) atoms. The van der Waals surface area contributed by atoms with Crippen molar-refractivity contribution in [3.8, 4) is 0 Å². The highest BCUT2D eigenvalue weighted by Crippen LogP contribution is 2.28. The summed E-state index contributed by atoms with van der Waals surface area (Å²) in [5.41, 5.74) is 6.40. The SMILES string of the molecule is CCN(CC1CCC1)c1ccc(C(N)=S)cn1. The summed E-state index contributed by atoms with van der Waals surface area (Å²) >= 11 is 4.92. The standard InChI is InChI=1S/C13H19N3S/c1-2-16(9-10-4-3-5-10)12-7-6-11(8-15-12)13(14)17/h6-8,10H,2-5,9H2,1H3,(H2,14,17). The molecule has 0 atom stereocenters. The molecule has 0 saturated heterocycles. The molecule has 1 fully saturated rings. The van der Waals surface area contributed by atoms with Crippen LogP contribution in [0.4, 0.5) is 5.82 Å². The van der Waals surface area contributed by atoms with Gasteiger partial charge in [-0.05, 0) is 37.8 Å². The molecule has 0 aliphatic heterocycles. The molecule has 4 heteroatoms. The summed E-state index contributed by atoms with van der Waals surface area (Å²) in [5.74, 6) is 1.88. The molecule has 1 heterocycles. The Morgan fingerprint density at radius 1 is 1.53 bits per heavy atom. The highest BCUT2D eigenvalue weighted by atomic mass is 32.1. The summed E-state index contributed by atoms with van der Waals surface area (Å²) < 4.78 is 0. The van der Waals surface area contributed by atoms with Crippen LogP contribution in [0.2, 0.25) is 0 Å². The number of nitrogens with zero attached hydrogens (tertiary/aromatic N) is 2. The third-order valence-electron chi connectivity index (χ3n) is 3.44. The third kappa shape index (κ3) is 2.94. The zero-order valence-corrected chi connectivity index (χ0v) is 11.0. The van der Waals surface area contributed by atoms with Gasteiger partial charge in [0.25, 0.3) is 0 Å². The van der Waals surface area contributed by atoms with E-state index in [0.29, 0.717) is 4.99 Å². The van der Waals surface area contributed by atoms with Crippen molar-refractivity contribution in [3.63, 3.8) is 0 Å². The van der Waals surface area contributed by atoms with Gasteiger partial charge in [-0.1, -0.05) is 18.6 Å². The second kappa shape index (κ2) is 5.45. The second-order valence-corrected chi connectivity index (χ2v) is 5.04. The Hall–Kier alpha value is -1.16. The molecule has 1 aliphatic rings. The first kappa shape index (κ1) is 12.3. The zero-order valence-electron chi connectivity index (χ0n) is 10.2. The van der Waals surface area contributed by atoms with Crippen molar-refractivity contribution in [2.45, 2.75) is 26.2 Å². The van der Waals surface area contributed by atoms with Gasteiger partial charge in [-0.3, -0.25) is 0 Å². The molecule has 0 radical (unpaired) electrons. The lowest BCUT2D eigenvalue weighted by Gasteiger charge is -2.32. The molecule has 1 aliphatic carbocycles. The molecule has 0 unspecified atom stereocenters. The maximum atomic E-state index is 5.56. The van der Waals surface area contributed by atoms with Crippen LogP contribution in [-0.4, -0.2) is 23.1 Å². The average Bonchev–Trinajstić information content (AvgIpc) is 2.28. The van der Waals surface area contributed by atoms with Crippen LogP contribution in [0.25, 0.3) is 0 Å². The van der Waals surface area contributed by atoms with Crippen LogP contribution in [0.1, 0.15) is 31.7 Å². The van der Waals surface area contributed by atoms with Crippen molar-refractivity contribution < 1.29 is 0 Å². The van der Waals surface area contributed by atoms with Crippen molar-refractivity contribution >= 4 is 23.0 Å². The number of aromatic nitrogens is 1. The highest BCUT2D eigenvalue weighted by Gasteiger charge is 2.20. The molecule has 2 rings (SSSR count). The predicted molar refractivity (Wildman–Crippen MR) is 75.4 cm³/mol. The van der Waals surface area contributed by atoms with Crippen LogP contribution in [-0.2, 0) is 0 Å². The van der Waals surface area contributed by atoms with E-state index >= 15 is 0 Å². The first-order valence-corrected chi connectivity index (χ1v) is 6.62. The fourth-order valence-corrected chi connectivity index (χ4v) is 2.21. The molecule has 92 valence electrons. The van der Waals surface area contributed by atoms with Crippen LogP contribution in [0, 0.1) is 5.92 Å². The van der Waals surface area contributed by atoms with E-state index in [1.807, 2.05) is 12.1 Å². The molecule has 0 aromatic carbocycles. The Bertz CT molecular complexity index is 384. The van der Waals surface area contributed by atoms with Crippen molar-refractivity contribution in [1.29, 1.82) is 0 Å². The molecule has 0 spiro atoms. The van der Waals surface area contributed by atoms with Gasteiger partial charge >= 0.3 is 0 Å². The van der Waals surface area contributed by atoms with Crippen molar-refractivity contribution in [1.82, 2.24) is 4.98 Å². The van der Waals surface area contributed by atoms with E-state index in [1.54, 1.807) is 6.20 Å². The Kier molecular flexibility index (Phi) is 3.94. The number of nitrogens with two attached hydrogens (primary N) is 1. The van der Waals surface area contributed by atoms with Gasteiger partial charge in [0, 0.05) is 24.8 Å². The van der Waals surface area contributed by atoms with Crippen LogP contribution in [0.15, 0.2) is 18.3 Å². The Labute approximate surface area is 108 Å². The lowest BCUT2D eigenvalue weighted by atomic mass is 9.85. The van der Waals surface area contributed by atoms with Gasteiger partial charge in [-0.25, -0.2) is 4.98 Å². The number of anilines is 1. The number of hydrogen-bond donors (Lipinski definition) is 1. The lowest BCUT2D eigenvalue weighted by Crippen LogP contribution is -2.33. The minimum Gasteiger partial charge on any atom is -0.389 e. The molecule has 1 saturated carbocycles. The van der Waals surface area contributed by atoms with E-state index in [9.17, 15) is 0 Å². The maximum Gasteiger partial charge on any atom is 0.128 e. The first-order valence-electron chi connectivity index (χ1n) is 6.21. The van der Waals surface area contributed by atoms with Gasteiger partial charge in [0.2, 0.25) is 0 Å². The monoisotopic (exact) mass is 249 g/mol.